The van der Waals surface area contributed by atoms with Gasteiger partial charge >= 0.3 is 0 Å². The van der Waals surface area contributed by atoms with Gasteiger partial charge in [-0.05, 0) is 87.5 Å². The molecule has 0 spiro atoms. The zero-order chi connectivity index (χ0) is 15.4. The van der Waals surface area contributed by atoms with Crippen molar-refractivity contribution in [3.63, 3.8) is 0 Å². The van der Waals surface area contributed by atoms with E-state index >= 15 is 0 Å². The predicted molar refractivity (Wildman–Crippen MR) is 95.6 cm³/mol. The summed E-state index contributed by atoms with van der Waals surface area (Å²) < 4.78 is 0. The molecule has 0 aliphatic heterocycles. The fourth-order valence-electron chi connectivity index (χ4n) is 3.92. The monoisotopic (exact) mass is 294 g/mol. The number of hydrogen-bond acceptors (Lipinski definition) is 0. The van der Waals surface area contributed by atoms with Gasteiger partial charge in [-0.15, -0.1) is 0 Å². The van der Waals surface area contributed by atoms with Crippen molar-refractivity contribution in [2.45, 2.75) is 71.1 Å². The third-order valence-electron chi connectivity index (χ3n) is 5.66. The Labute approximate surface area is 137 Å². The third-order valence-corrected chi connectivity index (χ3v) is 5.66. The van der Waals surface area contributed by atoms with Crippen LogP contribution < -0.4 is 0 Å². The molecule has 2 aliphatic carbocycles. The zero-order valence-electron chi connectivity index (χ0n) is 14.3. The van der Waals surface area contributed by atoms with Crippen LogP contribution in [0.1, 0.15) is 75.3 Å². The molecule has 22 heavy (non-hydrogen) atoms. The van der Waals surface area contributed by atoms with Crippen molar-refractivity contribution in [1.82, 2.24) is 0 Å². The summed E-state index contributed by atoms with van der Waals surface area (Å²) in [5.74, 6) is 5.02. The second kappa shape index (κ2) is 7.49. The Bertz CT molecular complexity index is 465. The van der Waals surface area contributed by atoms with E-state index in [0.29, 0.717) is 0 Å². The van der Waals surface area contributed by atoms with Crippen molar-refractivity contribution >= 4 is 0 Å². The summed E-state index contributed by atoms with van der Waals surface area (Å²) in [4.78, 5) is 0. The Morgan fingerprint density at radius 1 is 0.818 bits per heavy atom. The number of rotatable bonds is 3. The van der Waals surface area contributed by atoms with Crippen molar-refractivity contribution in [2.24, 2.45) is 5.92 Å². The van der Waals surface area contributed by atoms with E-state index in [9.17, 15) is 0 Å². The van der Waals surface area contributed by atoms with Gasteiger partial charge in [0.15, 0.2) is 0 Å². The zero-order valence-corrected chi connectivity index (χ0v) is 14.3. The lowest BCUT2D eigenvalue weighted by Gasteiger charge is -2.28. The normalized spacial score (nSPS) is 23.4. The van der Waals surface area contributed by atoms with Crippen molar-refractivity contribution in [3.8, 4) is 0 Å². The second-order valence-corrected chi connectivity index (χ2v) is 7.50. The van der Waals surface area contributed by atoms with Crippen LogP contribution in [0.2, 0.25) is 0 Å². The largest absolute Gasteiger partial charge is 0.0848 e. The minimum absolute atomic E-state index is 0.782. The second-order valence-electron chi connectivity index (χ2n) is 7.50. The lowest BCUT2D eigenvalue weighted by Crippen LogP contribution is -2.12. The van der Waals surface area contributed by atoms with Crippen molar-refractivity contribution < 1.29 is 0 Å². The standard InChI is InChI=1S/C22H30/c1-17-3-7-19(8-4-17)9-10-20-11-15-22(16-12-20)21-13-5-18(2)6-14-21/h5-6,9-10,13-14,19,22H,3-4,7-8,11-12,15-16H2,1-2H3/b10-9+. The van der Waals surface area contributed by atoms with Crippen molar-refractivity contribution in [3.05, 3.63) is 59.4 Å². The minimum atomic E-state index is 0.782. The lowest BCUT2D eigenvalue weighted by atomic mass is 9.77. The molecule has 0 atom stereocenters. The predicted octanol–water partition coefficient (Wildman–Crippen LogP) is 6.57. The smallest absolute Gasteiger partial charge is 0.00268 e. The molecule has 2 saturated carbocycles. The average Bonchev–Trinajstić information content (AvgIpc) is 2.56. The Hall–Kier alpha value is -1.04. The summed E-state index contributed by atoms with van der Waals surface area (Å²) in [5, 5.41) is 0. The summed E-state index contributed by atoms with van der Waals surface area (Å²) in [7, 11) is 0. The van der Waals surface area contributed by atoms with Gasteiger partial charge < -0.3 is 0 Å². The van der Waals surface area contributed by atoms with Gasteiger partial charge in [0, 0.05) is 0 Å². The van der Waals surface area contributed by atoms with Gasteiger partial charge in [-0.2, -0.15) is 0 Å². The van der Waals surface area contributed by atoms with Crippen LogP contribution in [-0.4, -0.2) is 0 Å². The van der Waals surface area contributed by atoms with Crippen LogP contribution in [-0.2, 0) is 0 Å². The molecule has 0 aromatic heterocycles. The molecule has 0 amide bonds. The number of benzene rings is 1. The lowest BCUT2D eigenvalue weighted by molar-refractivity contribution is 0.443. The van der Waals surface area contributed by atoms with Crippen LogP contribution in [0.25, 0.3) is 0 Å². The fraction of sp³-hybridized carbons (Fsp3) is 0.545. The first kappa shape index (κ1) is 15.8. The maximum Gasteiger partial charge on any atom is -0.00268 e. The first-order valence-electron chi connectivity index (χ1n) is 9.11. The Morgan fingerprint density at radius 2 is 1.45 bits per heavy atom. The van der Waals surface area contributed by atoms with Gasteiger partial charge in [0.25, 0.3) is 0 Å². The van der Waals surface area contributed by atoms with Crippen LogP contribution in [0.4, 0.5) is 0 Å². The molecule has 0 heteroatoms. The molecule has 0 N–H and O–H groups in total. The Morgan fingerprint density at radius 3 is 2.09 bits per heavy atom. The molecule has 3 rings (SSSR count). The fourth-order valence-corrected chi connectivity index (χ4v) is 3.92. The summed E-state index contributed by atoms with van der Waals surface area (Å²) in [6.07, 6.45) is 15.7. The van der Waals surface area contributed by atoms with Crippen molar-refractivity contribution in [2.75, 3.05) is 0 Å². The molecule has 0 bridgehead atoms. The van der Waals surface area contributed by atoms with Gasteiger partial charge in [0.2, 0.25) is 0 Å². The van der Waals surface area contributed by atoms with Gasteiger partial charge in [-0.1, -0.05) is 48.9 Å². The summed E-state index contributed by atoms with van der Waals surface area (Å²) in [6.45, 7) is 4.49. The highest BCUT2D eigenvalue weighted by Gasteiger charge is 2.22. The molecular weight excluding hydrogens is 264 g/mol. The summed E-state index contributed by atoms with van der Waals surface area (Å²) >= 11 is 0. The molecule has 2 fully saturated rings. The van der Waals surface area contributed by atoms with Crippen LogP contribution >= 0.6 is 0 Å². The maximum absolute atomic E-state index is 2.52. The van der Waals surface area contributed by atoms with Crippen LogP contribution in [0.15, 0.2) is 36.4 Å². The van der Waals surface area contributed by atoms with E-state index < -0.39 is 0 Å². The maximum atomic E-state index is 2.52. The van der Waals surface area contributed by atoms with Gasteiger partial charge in [-0.3, -0.25) is 0 Å². The summed E-state index contributed by atoms with van der Waals surface area (Å²) in [5.41, 5.74) is 2.92. The molecule has 2 aliphatic rings. The first-order valence-corrected chi connectivity index (χ1v) is 9.11. The van der Waals surface area contributed by atoms with E-state index in [1.54, 1.807) is 17.4 Å². The van der Waals surface area contributed by atoms with E-state index in [1.807, 2.05) is 0 Å². The van der Waals surface area contributed by atoms with Crippen LogP contribution in [0, 0.1) is 24.7 Å². The molecule has 2 radical (unpaired) electrons. The van der Waals surface area contributed by atoms with Gasteiger partial charge in [0.05, 0.1) is 0 Å². The first-order chi connectivity index (χ1) is 10.7. The SMILES string of the molecule is C[C]1CCC(/C=C/[C]2CCC(c3ccc(C)cc3)CC2)CC1. The van der Waals surface area contributed by atoms with E-state index in [1.165, 1.54) is 56.9 Å². The topological polar surface area (TPSA) is 0 Å². The van der Waals surface area contributed by atoms with Gasteiger partial charge in [0.1, 0.15) is 0 Å². The number of allylic oxidation sites excluding steroid dienone is 2. The highest BCUT2D eigenvalue weighted by molar-refractivity contribution is 5.26. The Balaban J connectivity index is 1.46. The average molecular weight is 294 g/mol. The Kier molecular flexibility index (Phi) is 5.39. The third kappa shape index (κ3) is 4.24. The number of aryl methyl sites for hydroxylation is 1. The molecule has 0 nitrogen and oxygen atoms in total. The van der Waals surface area contributed by atoms with E-state index in [2.05, 4.69) is 50.3 Å². The molecule has 1 aromatic rings. The molecule has 0 saturated heterocycles. The van der Waals surface area contributed by atoms with Crippen LogP contribution in [0.5, 0.6) is 0 Å². The van der Waals surface area contributed by atoms with E-state index in [0.717, 1.165) is 11.8 Å². The quantitative estimate of drug-likeness (QED) is 0.591. The molecular formula is C22H30. The van der Waals surface area contributed by atoms with Crippen LogP contribution in [0.3, 0.4) is 0 Å². The minimum Gasteiger partial charge on any atom is -0.0848 e. The molecule has 0 unspecified atom stereocenters. The number of hydrogen-bond donors (Lipinski definition) is 0. The van der Waals surface area contributed by atoms with Gasteiger partial charge in [-0.25, -0.2) is 0 Å². The van der Waals surface area contributed by atoms with E-state index in [4.69, 9.17) is 0 Å². The highest BCUT2D eigenvalue weighted by atomic mass is 14.3. The van der Waals surface area contributed by atoms with E-state index in [-0.39, 0.29) is 0 Å². The summed E-state index contributed by atoms with van der Waals surface area (Å²) in [6, 6.07) is 9.19. The molecule has 118 valence electrons. The molecule has 1 aromatic carbocycles. The highest BCUT2D eigenvalue weighted by Crippen LogP contribution is 2.38. The van der Waals surface area contributed by atoms with Crippen molar-refractivity contribution in [1.29, 1.82) is 0 Å². The molecule has 0 heterocycles.